The molecular weight excluding hydrogens is 394 g/mol. The Morgan fingerprint density at radius 1 is 1.43 bits per heavy atom. The zero-order chi connectivity index (χ0) is 20.1. The molecule has 2 aromatic rings. The predicted octanol–water partition coefficient (Wildman–Crippen LogP) is 4.63. The van der Waals surface area contributed by atoms with Crippen molar-refractivity contribution in [3.8, 4) is 0 Å². The maximum absolute atomic E-state index is 12.9. The molecule has 0 aliphatic heterocycles. The number of halogens is 1. The first-order valence-corrected chi connectivity index (χ1v) is 10.8. The summed E-state index contributed by atoms with van der Waals surface area (Å²) >= 11 is 7.32. The lowest BCUT2D eigenvalue weighted by Crippen LogP contribution is -2.32. The van der Waals surface area contributed by atoms with Crippen LogP contribution < -0.4 is 5.56 Å². The second-order valence-electron chi connectivity index (χ2n) is 6.63. The minimum Gasteiger partial charge on any atom is -0.316 e. The number of rotatable bonds is 7. The standard InChI is InChI=1S/C21H24ClN3O2S/c1-3-12-25-20(27)17-13-15(22)10-11-18(17)23-21(25)28-14-19(26)24(4-2)16-8-6-5-7-9-16/h3,8,10-11,13H,1,4-7,9,12,14H2,2H3. The van der Waals surface area contributed by atoms with Gasteiger partial charge in [-0.15, -0.1) is 6.58 Å². The van der Waals surface area contributed by atoms with Gasteiger partial charge < -0.3 is 4.90 Å². The van der Waals surface area contributed by atoms with E-state index in [-0.39, 0.29) is 17.2 Å². The molecule has 1 aliphatic rings. The highest BCUT2D eigenvalue weighted by molar-refractivity contribution is 7.99. The molecule has 1 aromatic heterocycles. The normalized spacial score (nSPS) is 14.0. The molecule has 0 spiro atoms. The number of benzene rings is 1. The molecule has 1 aromatic carbocycles. The molecule has 7 heteroatoms. The molecule has 0 radical (unpaired) electrons. The summed E-state index contributed by atoms with van der Waals surface area (Å²) in [4.78, 5) is 32.1. The lowest BCUT2D eigenvalue weighted by atomic mass is 10.0. The lowest BCUT2D eigenvalue weighted by Gasteiger charge is -2.26. The van der Waals surface area contributed by atoms with E-state index < -0.39 is 0 Å². The van der Waals surface area contributed by atoms with E-state index in [9.17, 15) is 9.59 Å². The van der Waals surface area contributed by atoms with E-state index >= 15 is 0 Å². The molecule has 28 heavy (non-hydrogen) atoms. The second-order valence-corrected chi connectivity index (χ2v) is 8.01. The number of hydrogen-bond acceptors (Lipinski definition) is 4. The molecule has 3 rings (SSSR count). The highest BCUT2D eigenvalue weighted by atomic mass is 35.5. The van der Waals surface area contributed by atoms with Gasteiger partial charge in [0, 0.05) is 23.8 Å². The molecule has 0 saturated heterocycles. The number of carbonyl (C=O) groups excluding carboxylic acids is 1. The van der Waals surface area contributed by atoms with Crippen LogP contribution in [-0.2, 0) is 11.3 Å². The van der Waals surface area contributed by atoms with Crippen LogP contribution in [0.5, 0.6) is 0 Å². The molecule has 0 saturated carbocycles. The van der Waals surface area contributed by atoms with E-state index in [2.05, 4.69) is 17.6 Å². The zero-order valence-corrected chi connectivity index (χ0v) is 17.6. The molecule has 0 N–H and O–H groups in total. The maximum Gasteiger partial charge on any atom is 0.262 e. The van der Waals surface area contributed by atoms with Crippen molar-refractivity contribution >= 4 is 40.2 Å². The van der Waals surface area contributed by atoms with Gasteiger partial charge in [-0.1, -0.05) is 35.5 Å². The highest BCUT2D eigenvalue weighted by Gasteiger charge is 2.19. The van der Waals surface area contributed by atoms with E-state index in [0.717, 1.165) is 25.0 Å². The first kappa shape index (κ1) is 20.7. The van der Waals surface area contributed by atoms with Crippen LogP contribution in [0.3, 0.4) is 0 Å². The SMILES string of the molecule is C=CCn1c(SCC(=O)N(CC)C2=CCCCC2)nc2ccc(Cl)cc2c1=O. The Labute approximate surface area is 174 Å². The summed E-state index contributed by atoms with van der Waals surface area (Å²) in [7, 11) is 0. The summed E-state index contributed by atoms with van der Waals surface area (Å²) < 4.78 is 1.54. The maximum atomic E-state index is 12.9. The number of amides is 1. The average Bonchev–Trinajstić information content (AvgIpc) is 2.71. The Bertz CT molecular complexity index is 984. The van der Waals surface area contributed by atoms with E-state index in [1.54, 1.807) is 28.8 Å². The predicted molar refractivity (Wildman–Crippen MR) is 116 cm³/mol. The van der Waals surface area contributed by atoms with Crippen LogP contribution in [-0.4, -0.2) is 32.7 Å². The van der Waals surface area contributed by atoms with Gasteiger partial charge in [0.05, 0.1) is 16.7 Å². The van der Waals surface area contributed by atoms with Gasteiger partial charge in [0.15, 0.2) is 5.16 Å². The van der Waals surface area contributed by atoms with Crippen LogP contribution in [0.15, 0.2) is 52.6 Å². The Morgan fingerprint density at radius 3 is 2.93 bits per heavy atom. The van der Waals surface area contributed by atoms with E-state index in [0.29, 0.717) is 34.2 Å². The Balaban J connectivity index is 1.86. The number of hydrogen-bond donors (Lipinski definition) is 0. The largest absolute Gasteiger partial charge is 0.316 e. The van der Waals surface area contributed by atoms with Crippen molar-refractivity contribution in [3.63, 3.8) is 0 Å². The van der Waals surface area contributed by atoms with Gasteiger partial charge in [0.25, 0.3) is 5.56 Å². The third kappa shape index (κ3) is 4.50. The van der Waals surface area contributed by atoms with Gasteiger partial charge in [-0.2, -0.15) is 0 Å². The third-order valence-corrected chi connectivity index (χ3v) is 5.94. The molecular formula is C21H24ClN3O2S. The van der Waals surface area contributed by atoms with Crippen molar-refractivity contribution in [2.75, 3.05) is 12.3 Å². The van der Waals surface area contributed by atoms with Crippen molar-refractivity contribution in [1.29, 1.82) is 0 Å². The average molecular weight is 418 g/mol. The molecule has 0 bridgehead atoms. The fourth-order valence-corrected chi connectivity index (χ4v) is 4.44. The molecule has 0 unspecified atom stereocenters. The molecule has 0 fully saturated rings. The minimum absolute atomic E-state index is 0.0382. The van der Waals surface area contributed by atoms with Crippen molar-refractivity contribution in [1.82, 2.24) is 14.5 Å². The summed E-state index contributed by atoms with van der Waals surface area (Å²) in [6.07, 6.45) is 8.09. The number of carbonyl (C=O) groups is 1. The van der Waals surface area contributed by atoms with Crippen LogP contribution >= 0.6 is 23.4 Å². The molecule has 5 nitrogen and oxygen atoms in total. The highest BCUT2D eigenvalue weighted by Crippen LogP contribution is 2.24. The van der Waals surface area contributed by atoms with Crippen molar-refractivity contribution < 1.29 is 4.79 Å². The van der Waals surface area contributed by atoms with Crippen molar-refractivity contribution in [2.24, 2.45) is 0 Å². The number of thioether (sulfide) groups is 1. The Hall–Kier alpha value is -2.05. The quantitative estimate of drug-likeness (QED) is 0.374. The Kier molecular flexibility index (Phi) is 6.97. The van der Waals surface area contributed by atoms with Crippen LogP contribution in [0, 0.1) is 0 Å². The molecule has 1 heterocycles. The zero-order valence-electron chi connectivity index (χ0n) is 16.0. The van der Waals surface area contributed by atoms with Crippen molar-refractivity contribution in [3.05, 3.63) is 58.0 Å². The van der Waals surface area contributed by atoms with E-state index in [1.807, 2.05) is 11.8 Å². The minimum atomic E-state index is -0.176. The fourth-order valence-electron chi connectivity index (χ4n) is 3.38. The first-order chi connectivity index (χ1) is 13.5. The second kappa shape index (κ2) is 9.43. The number of nitrogens with zero attached hydrogens (tertiary/aromatic N) is 3. The lowest BCUT2D eigenvalue weighted by molar-refractivity contribution is -0.126. The number of aromatic nitrogens is 2. The van der Waals surface area contributed by atoms with Gasteiger partial charge in [0.1, 0.15) is 0 Å². The number of allylic oxidation sites excluding steroid dienone is 3. The Morgan fingerprint density at radius 2 is 2.25 bits per heavy atom. The molecule has 1 aliphatic carbocycles. The molecule has 0 atom stereocenters. The monoisotopic (exact) mass is 417 g/mol. The first-order valence-electron chi connectivity index (χ1n) is 9.48. The summed E-state index contributed by atoms with van der Waals surface area (Å²) in [5.41, 5.74) is 1.51. The summed E-state index contributed by atoms with van der Waals surface area (Å²) in [5, 5.41) is 1.47. The smallest absolute Gasteiger partial charge is 0.262 e. The molecule has 1 amide bonds. The van der Waals surface area contributed by atoms with Crippen LogP contribution in [0.1, 0.15) is 32.6 Å². The third-order valence-electron chi connectivity index (χ3n) is 4.75. The van der Waals surface area contributed by atoms with Gasteiger partial charge in [0.2, 0.25) is 5.91 Å². The van der Waals surface area contributed by atoms with Crippen LogP contribution in [0.4, 0.5) is 0 Å². The fraction of sp³-hybridized carbons (Fsp3) is 0.381. The van der Waals surface area contributed by atoms with Gasteiger partial charge >= 0.3 is 0 Å². The van der Waals surface area contributed by atoms with Crippen molar-refractivity contribution in [2.45, 2.75) is 44.3 Å². The van der Waals surface area contributed by atoms with E-state index in [4.69, 9.17) is 11.6 Å². The summed E-state index contributed by atoms with van der Waals surface area (Å²) in [6.45, 7) is 6.69. The van der Waals surface area contributed by atoms with Gasteiger partial charge in [-0.3, -0.25) is 14.2 Å². The number of fused-ring (bicyclic) bond motifs is 1. The molecule has 148 valence electrons. The van der Waals surface area contributed by atoms with Gasteiger partial charge in [-0.25, -0.2) is 4.98 Å². The topological polar surface area (TPSA) is 55.2 Å². The van der Waals surface area contributed by atoms with Crippen LogP contribution in [0.25, 0.3) is 10.9 Å². The van der Waals surface area contributed by atoms with Gasteiger partial charge in [-0.05, 0) is 50.8 Å². The van der Waals surface area contributed by atoms with E-state index in [1.165, 1.54) is 18.2 Å². The summed E-state index contributed by atoms with van der Waals surface area (Å²) in [6, 6.07) is 5.07. The summed E-state index contributed by atoms with van der Waals surface area (Å²) in [5.74, 6) is 0.268. The van der Waals surface area contributed by atoms with Crippen LogP contribution in [0.2, 0.25) is 5.02 Å².